The Morgan fingerprint density at radius 1 is 0.943 bits per heavy atom. The van der Waals surface area contributed by atoms with Crippen molar-refractivity contribution in [1.82, 2.24) is 4.31 Å². The summed E-state index contributed by atoms with van der Waals surface area (Å²) in [6.07, 6.45) is 5.46. The Balaban J connectivity index is 1.47. The number of aryl methyl sites for hydroxylation is 1. The number of benzene rings is 2. The summed E-state index contributed by atoms with van der Waals surface area (Å²) in [6.45, 7) is 4.66. The van der Waals surface area contributed by atoms with Gasteiger partial charge < -0.3 is 0 Å². The summed E-state index contributed by atoms with van der Waals surface area (Å²) < 4.78 is 28.3. The van der Waals surface area contributed by atoms with E-state index in [-0.39, 0.29) is 36.1 Å². The van der Waals surface area contributed by atoms with Gasteiger partial charge in [-0.3, -0.25) is 14.5 Å². The third-order valence-corrected chi connectivity index (χ3v) is 9.67. The van der Waals surface area contributed by atoms with E-state index in [9.17, 15) is 18.0 Å². The molecule has 0 saturated carbocycles. The molecular formula is C28H32N2O4S. The fourth-order valence-electron chi connectivity index (χ4n) is 6.02. The minimum Gasteiger partial charge on any atom is -0.274 e. The molecule has 0 aromatic heterocycles. The number of anilines is 1. The van der Waals surface area contributed by atoms with Gasteiger partial charge in [-0.25, -0.2) is 8.42 Å². The Bertz CT molecular complexity index is 1250. The molecule has 2 aromatic rings. The van der Waals surface area contributed by atoms with E-state index in [0.717, 1.165) is 30.4 Å². The number of unbranched alkanes of at least 4 members (excludes halogenated alkanes) is 1. The highest BCUT2D eigenvalue weighted by atomic mass is 32.2. The summed E-state index contributed by atoms with van der Waals surface area (Å²) in [4.78, 5) is 29.0. The van der Waals surface area contributed by atoms with Crippen molar-refractivity contribution in [3.8, 4) is 0 Å². The first-order valence-electron chi connectivity index (χ1n) is 12.5. The Hall–Kier alpha value is -2.77. The van der Waals surface area contributed by atoms with Crippen LogP contribution in [0.3, 0.4) is 0 Å². The van der Waals surface area contributed by atoms with Crippen molar-refractivity contribution in [3.05, 3.63) is 71.8 Å². The lowest BCUT2D eigenvalue weighted by Gasteiger charge is -2.42. The average molecular weight is 493 g/mol. The molecule has 2 aliphatic heterocycles. The van der Waals surface area contributed by atoms with Crippen molar-refractivity contribution >= 4 is 27.5 Å². The van der Waals surface area contributed by atoms with Gasteiger partial charge in [0.2, 0.25) is 21.8 Å². The van der Waals surface area contributed by atoms with E-state index >= 15 is 0 Å². The first-order chi connectivity index (χ1) is 16.8. The maximum absolute atomic E-state index is 13.7. The summed E-state index contributed by atoms with van der Waals surface area (Å²) in [5.74, 6) is -1.21. The number of fused-ring (bicyclic) bond motifs is 3. The van der Waals surface area contributed by atoms with Gasteiger partial charge in [-0.05, 0) is 55.9 Å². The number of piperidine rings is 1. The number of rotatable bonds is 6. The predicted octanol–water partition coefficient (Wildman–Crippen LogP) is 4.56. The van der Waals surface area contributed by atoms with Crippen LogP contribution in [0.15, 0.2) is 71.1 Å². The highest BCUT2D eigenvalue weighted by Gasteiger charge is 2.57. The van der Waals surface area contributed by atoms with Crippen LogP contribution in [0.5, 0.6) is 0 Å². The van der Waals surface area contributed by atoms with Gasteiger partial charge in [-0.1, -0.05) is 67.3 Å². The number of carbonyl (C=O) groups excluding carboxylic acids is 2. The quantitative estimate of drug-likeness (QED) is 0.438. The van der Waals surface area contributed by atoms with Crippen molar-refractivity contribution in [3.63, 3.8) is 0 Å². The van der Waals surface area contributed by atoms with Crippen molar-refractivity contribution in [2.24, 2.45) is 23.7 Å². The van der Waals surface area contributed by atoms with E-state index in [0.29, 0.717) is 23.5 Å². The minimum atomic E-state index is -3.63. The number of para-hydroxylation sites is 1. The molecule has 2 heterocycles. The number of hydrogen-bond acceptors (Lipinski definition) is 4. The third kappa shape index (κ3) is 4.15. The van der Waals surface area contributed by atoms with Crippen LogP contribution in [0.1, 0.15) is 38.2 Å². The molecule has 0 N–H and O–H groups in total. The molecule has 35 heavy (non-hydrogen) atoms. The van der Waals surface area contributed by atoms with Crippen molar-refractivity contribution in [2.45, 2.75) is 44.4 Å². The van der Waals surface area contributed by atoms with Crippen LogP contribution in [-0.4, -0.2) is 37.6 Å². The molecule has 7 heteroatoms. The lowest BCUT2D eigenvalue weighted by molar-refractivity contribution is -0.123. The molecule has 2 aromatic carbocycles. The Labute approximate surface area is 207 Å². The molecule has 0 unspecified atom stereocenters. The molecule has 5 rings (SSSR count). The van der Waals surface area contributed by atoms with Gasteiger partial charge in [-0.15, -0.1) is 0 Å². The second-order valence-electron chi connectivity index (χ2n) is 9.99. The van der Waals surface area contributed by atoms with E-state index in [2.05, 4.69) is 13.0 Å². The number of amides is 2. The molecule has 2 fully saturated rings. The summed E-state index contributed by atoms with van der Waals surface area (Å²) in [5.41, 5.74) is 2.62. The van der Waals surface area contributed by atoms with Gasteiger partial charge in [0.05, 0.1) is 22.4 Å². The summed E-state index contributed by atoms with van der Waals surface area (Å²) in [7, 11) is -3.63. The first kappa shape index (κ1) is 23.9. The zero-order valence-corrected chi connectivity index (χ0v) is 21.1. The topological polar surface area (TPSA) is 74.8 Å². The van der Waals surface area contributed by atoms with Gasteiger partial charge in [0.15, 0.2) is 0 Å². The van der Waals surface area contributed by atoms with Crippen molar-refractivity contribution < 1.29 is 18.0 Å². The number of allylic oxidation sites excluding steroid dienone is 1. The number of sulfonamides is 1. The molecule has 4 atom stereocenters. The number of hydrogen-bond donors (Lipinski definition) is 0. The lowest BCUT2D eigenvalue weighted by Crippen LogP contribution is -2.46. The second kappa shape index (κ2) is 9.36. The highest BCUT2D eigenvalue weighted by Crippen LogP contribution is 2.50. The molecule has 6 nitrogen and oxygen atoms in total. The Morgan fingerprint density at radius 2 is 1.63 bits per heavy atom. The van der Waals surface area contributed by atoms with Crippen LogP contribution in [0.4, 0.5) is 5.69 Å². The predicted molar refractivity (Wildman–Crippen MR) is 135 cm³/mol. The summed E-state index contributed by atoms with van der Waals surface area (Å²) in [6, 6.07) is 16.1. The highest BCUT2D eigenvalue weighted by molar-refractivity contribution is 7.89. The summed E-state index contributed by atoms with van der Waals surface area (Å²) >= 11 is 0. The third-order valence-electron chi connectivity index (χ3n) is 7.81. The fraction of sp³-hybridized carbons (Fsp3) is 0.429. The van der Waals surface area contributed by atoms with Crippen LogP contribution >= 0.6 is 0 Å². The fourth-order valence-corrected chi connectivity index (χ4v) is 7.46. The van der Waals surface area contributed by atoms with Crippen molar-refractivity contribution in [2.75, 3.05) is 18.0 Å². The van der Waals surface area contributed by atoms with Gasteiger partial charge in [0.25, 0.3) is 0 Å². The number of carbonyl (C=O) groups is 2. The SMILES string of the molecule is CCCC[C@@H]1C=C2CN(S(=O)(=O)c3ccc(C)cc3)CC[C@@H]2[C@@H]2C(=O)N(c3ccccc3)C(=O)[C@@H]21. The van der Waals surface area contributed by atoms with Crippen molar-refractivity contribution in [1.29, 1.82) is 0 Å². The Kier molecular flexibility index (Phi) is 6.40. The largest absolute Gasteiger partial charge is 0.274 e. The molecule has 184 valence electrons. The first-order valence-corrected chi connectivity index (χ1v) is 14.0. The van der Waals surface area contributed by atoms with Crippen LogP contribution < -0.4 is 4.90 Å². The number of nitrogens with zero attached hydrogens (tertiary/aromatic N) is 2. The van der Waals surface area contributed by atoms with E-state index in [1.807, 2.05) is 37.3 Å². The van der Waals surface area contributed by atoms with Gasteiger partial charge in [0, 0.05) is 13.1 Å². The van der Waals surface area contributed by atoms with Gasteiger partial charge in [0.1, 0.15) is 0 Å². The van der Waals surface area contributed by atoms with Crippen LogP contribution in [-0.2, 0) is 19.6 Å². The van der Waals surface area contributed by atoms with E-state index in [1.165, 1.54) is 9.21 Å². The zero-order valence-electron chi connectivity index (χ0n) is 20.3. The van der Waals surface area contributed by atoms with Crippen LogP contribution in [0.25, 0.3) is 0 Å². The average Bonchev–Trinajstić information content (AvgIpc) is 3.13. The molecule has 0 radical (unpaired) electrons. The second-order valence-corrected chi connectivity index (χ2v) is 11.9. The normalized spacial score (nSPS) is 26.9. The molecule has 3 aliphatic rings. The van der Waals surface area contributed by atoms with Crippen LogP contribution in [0.2, 0.25) is 0 Å². The van der Waals surface area contributed by atoms with E-state index < -0.39 is 15.9 Å². The Morgan fingerprint density at radius 3 is 2.31 bits per heavy atom. The number of imide groups is 1. The minimum absolute atomic E-state index is 0.0570. The molecular weight excluding hydrogens is 460 g/mol. The smallest absolute Gasteiger partial charge is 0.243 e. The zero-order chi connectivity index (χ0) is 24.7. The van der Waals surface area contributed by atoms with E-state index in [1.54, 1.807) is 24.3 Å². The lowest BCUT2D eigenvalue weighted by atomic mass is 9.65. The molecule has 2 saturated heterocycles. The van der Waals surface area contributed by atoms with E-state index in [4.69, 9.17) is 0 Å². The van der Waals surface area contributed by atoms with Crippen LogP contribution in [0, 0.1) is 30.6 Å². The maximum atomic E-state index is 13.7. The standard InChI is InChI=1S/C28H32N2O4S/c1-3-4-8-20-17-21-18-29(35(33,34)23-13-11-19(2)12-14-23)16-15-24(21)26-25(20)27(31)30(28(26)32)22-9-6-5-7-10-22/h5-7,9-14,17,20,24-26H,3-4,8,15-16,18H2,1-2H3/t20-,24+,25-,26+/m1/s1. The molecule has 0 bridgehead atoms. The molecule has 1 aliphatic carbocycles. The summed E-state index contributed by atoms with van der Waals surface area (Å²) in [5, 5.41) is 0. The van der Waals surface area contributed by atoms with Gasteiger partial charge in [-0.2, -0.15) is 4.31 Å². The van der Waals surface area contributed by atoms with Gasteiger partial charge >= 0.3 is 0 Å². The monoisotopic (exact) mass is 492 g/mol. The molecule has 2 amide bonds. The molecule has 0 spiro atoms. The maximum Gasteiger partial charge on any atom is 0.243 e.